The Balaban J connectivity index is 1.43. The van der Waals surface area contributed by atoms with Gasteiger partial charge in [-0.2, -0.15) is 0 Å². The predicted octanol–water partition coefficient (Wildman–Crippen LogP) is 7.65. The number of benzene rings is 2. The highest BCUT2D eigenvalue weighted by Crippen LogP contribution is 2.44. The molecule has 2 aromatic heterocycles. The van der Waals surface area contributed by atoms with E-state index in [1.54, 1.807) is 7.11 Å². The lowest BCUT2D eigenvalue weighted by Crippen LogP contribution is -2.29. The molecule has 2 aliphatic rings. The Labute approximate surface area is 245 Å². The van der Waals surface area contributed by atoms with Crippen LogP contribution in [0.5, 0.6) is 11.5 Å². The van der Waals surface area contributed by atoms with E-state index in [1.165, 1.54) is 12.8 Å². The molecule has 8 heteroatoms. The molecule has 1 saturated carbocycles. The van der Waals surface area contributed by atoms with Gasteiger partial charge in [0.1, 0.15) is 11.5 Å². The highest BCUT2D eigenvalue weighted by atomic mass is 35.5. The fraction of sp³-hybridized carbons (Fsp3) is 0.312. The molecule has 0 bridgehead atoms. The maximum Gasteiger partial charge on any atom is 0.174 e. The van der Waals surface area contributed by atoms with Crippen molar-refractivity contribution in [3.8, 4) is 17.2 Å². The number of pyridine rings is 1. The molecule has 0 amide bonds. The third kappa shape index (κ3) is 4.93. The predicted molar refractivity (Wildman–Crippen MR) is 164 cm³/mol. The second-order valence-corrected chi connectivity index (χ2v) is 11.3. The summed E-state index contributed by atoms with van der Waals surface area (Å²) in [4.78, 5) is 6.92. The van der Waals surface area contributed by atoms with Crippen LogP contribution in [-0.2, 0) is 0 Å². The van der Waals surface area contributed by atoms with Crippen LogP contribution in [0, 0.1) is 13.8 Å². The Morgan fingerprint density at radius 3 is 2.48 bits per heavy atom. The van der Waals surface area contributed by atoms with E-state index in [1.807, 2.05) is 36.5 Å². The lowest BCUT2D eigenvalue weighted by molar-refractivity contribution is 0.210. The van der Waals surface area contributed by atoms with Gasteiger partial charge in [-0.25, -0.2) is 0 Å². The standard InChI is InChI=1S/C32H33ClN4O2S/c1-20-18-26(21(2)36(20)28-19-22(33)11-16-29(28)38-3)31-30(27-10-6-7-17-34-27)35-32(40)37(31)23-12-14-25(15-13-23)39-24-8-4-5-9-24/h6-7,10-19,24,30-31H,4-5,8-9H2,1-3H3,(H,35,40)/t30-,31+/m1/s1. The molecule has 2 fully saturated rings. The van der Waals surface area contributed by atoms with E-state index in [9.17, 15) is 0 Å². The first-order chi connectivity index (χ1) is 19.4. The minimum absolute atomic E-state index is 0.130. The van der Waals surface area contributed by atoms with Gasteiger partial charge in [0, 0.05) is 28.3 Å². The van der Waals surface area contributed by atoms with E-state index in [0.717, 1.165) is 58.4 Å². The summed E-state index contributed by atoms with van der Waals surface area (Å²) in [6.45, 7) is 4.24. The van der Waals surface area contributed by atoms with Gasteiger partial charge < -0.3 is 24.3 Å². The average molecular weight is 573 g/mol. The number of aryl methyl sites for hydroxylation is 1. The van der Waals surface area contributed by atoms with Crippen LogP contribution in [0.4, 0.5) is 5.69 Å². The van der Waals surface area contributed by atoms with Crippen molar-refractivity contribution in [3.05, 3.63) is 101 Å². The average Bonchev–Trinajstić information content (AvgIpc) is 3.67. The third-order valence-electron chi connectivity index (χ3n) is 7.99. The maximum atomic E-state index is 6.43. The molecule has 2 atom stereocenters. The monoisotopic (exact) mass is 572 g/mol. The Hall–Kier alpha value is -3.55. The zero-order valence-electron chi connectivity index (χ0n) is 22.9. The van der Waals surface area contributed by atoms with E-state index in [2.05, 4.69) is 65.0 Å². The number of aromatic nitrogens is 2. The summed E-state index contributed by atoms with van der Waals surface area (Å²) in [5.41, 5.74) is 6.15. The number of rotatable bonds is 7. The van der Waals surface area contributed by atoms with Gasteiger partial charge >= 0.3 is 0 Å². The second kappa shape index (κ2) is 11.1. The summed E-state index contributed by atoms with van der Waals surface area (Å²) in [5.74, 6) is 1.66. The lowest BCUT2D eigenvalue weighted by Gasteiger charge is -2.28. The van der Waals surface area contributed by atoms with Gasteiger partial charge in [0.25, 0.3) is 0 Å². The second-order valence-electron chi connectivity index (χ2n) is 10.5. The fourth-order valence-electron chi connectivity index (χ4n) is 6.13. The van der Waals surface area contributed by atoms with Crippen LogP contribution >= 0.6 is 23.8 Å². The number of nitrogens with zero attached hydrogens (tertiary/aromatic N) is 3. The minimum atomic E-state index is -0.140. The molecular weight excluding hydrogens is 540 g/mol. The van der Waals surface area contributed by atoms with E-state index < -0.39 is 0 Å². The summed E-state index contributed by atoms with van der Waals surface area (Å²) >= 11 is 12.4. The molecule has 3 heterocycles. The summed E-state index contributed by atoms with van der Waals surface area (Å²) in [5, 5.41) is 4.89. The Kier molecular flexibility index (Phi) is 7.43. The highest BCUT2D eigenvalue weighted by Gasteiger charge is 2.42. The number of halogens is 1. The Morgan fingerprint density at radius 2 is 1.77 bits per heavy atom. The fourth-order valence-corrected chi connectivity index (χ4v) is 6.64. The number of hydrogen-bond acceptors (Lipinski definition) is 4. The molecule has 0 spiro atoms. The molecule has 206 valence electrons. The molecule has 2 aromatic carbocycles. The van der Waals surface area contributed by atoms with E-state index >= 15 is 0 Å². The first-order valence-corrected chi connectivity index (χ1v) is 14.5. The van der Waals surface area contributed by atoms with Crippen molar-refractivity contribution in [2.75, 3.05) is 12.0 Å². The van der Waals surface area contributed by atoms with Gasteiger partial charge in [0.15, 0.2) is 5.11 Å². The first-order valence-electron chi connectivity index (χ1n) is 13.7. The number of thiocarbonyl (C=S) groups is 1. The summed E-state index contributed by atoms with van der Waals surface area (Å²) in [6.07, 6.45) is 6.88. The first kappa shape index (κ1) is 26.7. The summed E-state index contributed by atoms with van der Waals surface area (Å²) < 4.78 is 14.2. The molecule has 1 saturated heterocycles. The Morgan fingerprint density at radius 1 is 1.00 bits per heavy atom. The molecule has 4 aromatic rings. The van der Waals surface area contributed by atoms with Crippen molar-refractivity contribution in [1.82, 2.24) is 14.9 Å². The smallest absolute Gasteiger partial charge is 0.174 e. The quantitative estimate of drug-likeness (QED) is 0.230. The molecule has 40 heavy (non-hydrogen) atoms. The third-order valence-corrected chi connectivity index (χ3v) is 8.54. The van der Waals surface area contributed by atoms with Crippen LogP contribution in [0.3, 0.4) is 0 Å². The van der Waals surface area contributed by atoms with Crippen molar-refractivity contribution in [3.63, 3.8) is 0 Å². The molecule has 0 unspecified atom stereocenters. The molecule has 1 aliphatic heterocycles. The van der Waals surface area contributed by atoms with Gasteiger partial charge in [0.2, 0.25) is 0 Å². The van der Waals surface area contributed by atoms with E-state index in [-0.39, 0.29) is 12.1 Å². The number of ether oxygens (including phenoxy) is 2. The maximum absolute atomic E-state index is 6.43. The molecular formula is C32H33ClN4O2S. The minimum Gasteiger partial charge on any atom is -0.495 e. The summed E-state index contributed by atoms with van der Waals surface area (Å²) in [7, 11) is 1.68. The van der Waals surface area contributed by atoms with Gasteiger partial charge in [-0.1, -0.05) is 17.7 Å². The van der Waals surface area contributed by atoms with Crippen LogP contribution in [-0.4, -0.2) is 27.9 Å². The molecule has 6 rings (SSSR count). The number of nitrogens with one attached hydrogen (secondary N) is 1. The SMILES string of the molecule is COc1ccc(Cl)cc1-n1c(C)cc([C@H]2[C@@H](c3ccccn3)NC(=S)N2c2ccc(OC3CCCC3)cc2)c1C. The van der Waals surface area contributed by atoms with E-state index in [0.29, 0.717) is 16.2 Å². The zero-order chi connectivity index (χ0) is 27.8. The number of anilines is 1. The topological polar surface area (TPSA) is 51.5 Å². The van der Waals surface area contributed by atoms with Crippen LogP contribution in [0.25, 0.3) is 5.69 Å². The van der Waals surface area contributed by atoms with Crippen LogP contribution in [0.2, 0.25) is 5.02 Å². The van der Waals surface area contributed by atoms with Gasteiger partial charge in [0.05, 0.1) is 36.7 Å². The van der Waals surface area contributed by atoms with Crippen LogP contribution in [0.15, 0.2) is 72.9 Å². The van der Waals surface area contributed by atoms with E-state index in [4.69, 9.17) is 38.3 Å². The van der Waals surface area contributed by atoms with Gasteiger partial charge in [-0.05, 0) is 118 Å². The molecule has 1 aliphatic carbocycles. The largest absolute Gasteiger partial charge is 0.495 e. The van der Waals surface area contributed by atoms with Crippen LogP contribution < -0.4 is 19.7 Å². The van der Waals surface area contributed by atoms with Crippen LogP contribution in [0.1, 0.15) is 60.4 Å². The lowest BCUT2D eigenvalue weighted by atomic mass is 9.96. The number of methoxy groups -OCH3 is 1. The zero-order valence-corrected chi connectivity index (χ0v) is 24.5. The molecule has 6 nitrogen and oxygen atoms in total. The Bertz CT molecular complexity index is 1520. The number of hydrogen-bond donors (Lipinski definition) is 1. The van der Waals surface area contributed by atoms with Gasteiger partial charge in [-0.15, -0.1) is 0 Å². The molecule has 1 N–H and O–H groups in total. The van der Waals surface area contributed by atoms with Crippen molar-refractivity contribution in [2.45, 2.75) is 57.7 Å². The molecule has 0 radical (unpaired) electrons. The summed E-state index contributed by atoms with van der Waals surface area (Å²) in [6, 6.07) is 22.0. The van der Waals surface area contributed by atoms with Crippen molar-refractivity contribution < 1.29 is 9.47 Å². The van der Waals surface area contributed by atoms with Crippen molar-refractivity contribution in [1.29, 1.82) is 0 Å². The highest BCUT2D eigenvalue weighted by molar-refractivity contribution is 7.80. The normalized spacial score (nSPS) is 19.2. The van der Waals surface area contributed by atoms with Crippen molar-refractivity contribution >= 4 is 34.6 Å². The van der Waals surface area contributed by atoms with Crippen molar-refractivity contribution in [2.24, 2.45) is 0 Å². The van der Waals surface area contributed by atoms with Gasteiger partial charge in [-0.3, -0.25) is 4.98 Å².